The fraction of sp³-hybridized carbons (Fsp3) is 0.286. The molecule has 26 heavy (non-hydrogen) atoms. The van der Waals surface area contributed by atoms with Crippen LogP contribution in [-0.2, 0) is 4.79 Å². The molecule has 0 spiro atoms. The van der Waals surface area contributed by atoms with E-state index in [1.807, 2.05) is 63.2 Å². The fourth-order valence-electron chi connectivity index (χ4n) is 3.17. The Kier molecular flexibility index (Phi) is 5.16. The third kappa shape index (κ3) is 3.38. The highest BCUT2D eigenvalue weighted by atomic mass is 16.2. The Labute approximate surface area is 152 Å². The SMILES string of the molecule is CCC(CC)C(=O)Nc1cccc(-n2c(C)nc3ccccc3c2=O)c1. The number of aromatic nitrogens is 2. The maximum absolute atomic E-state index is 12.9. The van der Waals surface area contributed by atoms with Gasteiger partial charge in [0, 0.05) is 11.6 Å². The first-order valence-electron chi connectivity index (χ1n) is 8.94. The summed E-state index contributed by atoms with van der Waals surface area (Å²) in [6.45, 7) is 5.82. The van der Waals surface area contributed by atoms with E-state index >= 15 is 0 Å². The smallest absolute Gasteiger partial charge is 0.265 e. The van der Waals surface area contributed by atoms with Gasteiger partial charge in [-0.15, -0.1) is 0 Å². The van der Waals surface area contributed by atoms with Gasteiger partial charge in [0.25, 0.3) is 5.56 Å². The summed E-state index contributed by atoms with van der Waals surface area (Å²) in [5.74, 6) is 0.607. The molecule has 1 aromatic heterocycles. The second-order valence-electron chi connectivity index (χ2n) is 6.37. The van der Waals surface area contributed by atoms with Gasteiger partial charge in [-0.3, -0.25) is 14.2 Å². The Morgan fingerprint density at radius 2 is 1.85 bits per heavy atom. The molecule has 0 aliphatic rings. The van der Waals surface area contributed by atoms with E-state index in [1.165, 1.54) is 0 Å². The highest BCUT2D eigenvalue weighted by Gasteiger charge is 2.15. The maximum Gasteiger partial charge on any atom is 0.265 e. The van der Waals surface area contributed by atoms with Gasteiger partial charge in [-0.25, -0.2) is 4.98 Å². The molecule has 0 radical (unpaired) electrons. The van der Waals surface area contributed by atoms with Crippen molar-refractivity contribution in [2.75, 3.05) is 5.32 Å². The molecule has 0 atom stereocenters. The van der Waals surface area contributed by atoms with E-state index in [9.17, 15) is 9.59 Å². The van der Waals surface area contributed by atoms with Crippen LogP contribution in [0.2, 0.25) is 0 Å². The van der Waals surface area contributed by atoms with Crippen molar-refractivity contribution in [3.8, 4) is 5.69 Å². The lowest BCUT2D eigenvalue weighted by Gasteiger charge is -2.15. The average Bonchev–Trinajstić information content (AvgIpc) is 2.63. The molecule has 5 nitrogen and oxygen atoms in total. The van der Waals surface area contributed by atoms with Gasteiger partial charge < -0.3 is 5.32 Å². The molecule has 2 aromatic carbocycles. The summed E-state index contributed by atoms with van der Waals surface area (Å²) in [7, 11) is 0. The lowest BCUT2D eigenvalue weighted by Crippen LogP contribution is -2.23. The van der Waals surface area contributed by atoms with E-state index in [1.54, 1.807) is 10.6 Å². The second-order valence-corrected chi connectivity index (χ2v) is 6.37. The van der Waals surface area contributed by atoms with E-state index in [0.717, 1.165) is 12.8 Å². The number of benzene rings is 2. The Balaban J connectivity index is 2.02. The molecular weight excluding hydrogens is 326 g/mol. The zero-order chi connectivity index (χ0) is 18.7. The zero-order valence-corrected chi connectivity index (χ0v) is 15.3. The topological polar surface area (TPSA) is 64.0 Å². The molecule has 1 heterocycles. The molecule has 0 saturated carbocycles. The number of nitrogens with one attached hydrogen (secondary N) is 1. The standard InChI is InChI=1S/C21H23N3O2/c1-4-15(5-2)20(25)23-16-9-8-10-17(13-16)24-14(3)22-19-12-7-6-11-18(19)21(24)26/h6-13,15H,4-5H2,1-3H3,(H,23,25). The number of amides is 1. The van der Waals surface area contributed by atoms with Crippen molar-refractivity contribution in [1.82, 2.24) is 9.55 Å². The monoisotopic (exact) mass is 349 g/mol. The summed E-state index contributed by atoms with van der Waals surface area (Å²) in [5, 5.41) is 3.53. The van der Waals surface area contributed by atoms with Gasteiger partial charge in [-0.1, -0.05) is 32.0 Å². The van der Waals surface area contributed by atoms with Crippen molar-refractivity contribution >= 4 is 22.5 Å². The van der Waals surface area contributed by atoms with E-state index in [2.05, 4.69) is 10.3 Å². The molecule has 1 amide bonds. The van der Waals surface area contributed by atoms with E-state index < -0.39 is 0 Å². The molecule has 3 rings (SSSR count). The number of aryl methyl sites for hydroxylation is 1. The van der Waals surface area contributed by atoms with Gasteiger partial charge in [0.15, 0.2) is 0 Å². The minimum atomic E-state index is -0.114. The van der Waals surface area contributed by atoms with Gasteiger partial charge >= 0.3 is 0 Å². The quantitative estimate of drug-likeness (QED) is 0.755. The fourth-order valence-corrected chi connectivity index (χ4v) is 3.17. The van der Waals surface area contributed by atoms with Crippen LogP contribution in [0.4, 0.5) is 5.69 Å². The van der Waals surface area contributed by atoms with Crippen LogP contribution in [0.3, 0.4) is 0 Å². The second kappa shape index (κ2) is 7.52. The Morgan fingerprint density at radius 1 is 1.12 bits per heavy atom. The van der Waals surface area contributed by atoms with Crippen LogP contribution >= 0.6 is 0 Å². The first-order chi connectivity index (χ1) is 12.5. The number of nitrogens with zero attached hydrogens (tertiary/aromatic N) is 2. The highest BCUT2D eigenvalue weighted by molar-refractivity contribution is 5.92. The van der Waals surface area contributed by atoms with E-state index in [-0.39, 0.29) is 17.4 Å². The maximum atomic E-state index is 12.9. The molecule has 134 valence electrons. The van der Waals surface area contributed by atoms with Crippen molar-refractivity contribution in [3.63, 3.8) is 0 Å². The number of fused-ring (bicyclic) bond motifs is 1. The van der Waals surface area contributed by atoms with Crippen molar-refractivity contribution in [3.05, 3.63) is 64.7 Å². The number of anilines is 1. The Bertz CT molecular complexity index is 1000. The summed E-state index contributed by atoms with van der Waals surface area (Å²) in [4.78, 5) is 29.8. The van der Waals surface area contributed by atoms with Crippen molar-refractivity contribution in [2.45, 2.75) is 33.6 Å². The highest BCUT2D eigenvalue weighted by Crippen LogP contribution is 2.18. The number of carbonyl (C=O) groups is 1. The van der Waals surface area contributed by atoms with Crippen LogP contribution in [0.5, 0.6) is 0 Å². The minimum absolute atomic E-state index is 0.00727. The molecule has 0 fully saturated rings. The lowest BCUT2D eigenvalue weighted by atomic mass is 10.0. The van der Waals surface area contributed by atoms with Crippen LogP contribution in [0.25, 0.3) is 16.6 Å². The largest absolute Gasteiger partial charge is 0.326 e. The number of rotatable bonds is 5. The average molecular weight is 349 g/mol. The van der Waals surface area contributed by atoms with Crippen LogP contribution < -0.4 is 10.9 Å². The predicted molar refractivity (Wildman–Crippen MR) is 105 cm³/mol. The summed E-state index contributed by atoms with van der Waals surface area (Å²) >= 11 is 0. The number of hydrogen-bond acceptors (Lipinski definition) is 3. The molecule has 0 bridgehead atoms. The van der Waals surface area contributed by atoms with Crippen LogP contribution in [0.1, 0.15) is 32.5 Å². The first kappa shape index (κ1) is 17.9. The van der Waals surface area contributed by atoms with Crippen molar-refractivity contribution < 1.29 is 4.79 Å². The lowest BCUT2D eigenvalue weighted by molar-refractivity contribution is -0.120. The molecule has 0 saturated heterocycles. The summed E-state index contributed by atoms with van der Waals surface area (Å²) in [6.07, 6.45) is 1.60. The molecule has 0 unspecified atom stereocenters. The Morgan fingerprint density at radius 3 is 2.58 bits per heavy atom. The van der Waals surface area contributed by atoms with Crippen LogP contribution in [0.15, 0.2) is 53.3 Å². The zero-order valence-electron chi connectivity index (χ0n) is 15.3. The first-order valence-corrected chi connectivity index (χ1v) is 8.94. The predicted octanol–water partition coefficient (Wildman–Crippen LogP) is 4.07. The normalized spacial score (nSPS) is 11.1. The van der Waals surface area contributed by atoms with E-state index in [4.69, 9.17) is 0 Å². The molecule has 5 heteroatoms. The summed E-state index contributed by atoms with van der Waals surface area (Å²) < 4.78 is 1.58. The molecule has 0 aliphatic carbocycles. The van der Waals surface area contributed by atoms with Gasteiger partial charge in [0.1, 0.15) is 5.82 Å². The van der Waals surface area contributed by atoms with Crippen molar-refractivity contribution in [2.24, 2.45) is 5.92 Å². The van der Waals surface area contributed by atoms with Crippen LogP contribution in [-0.4, -0.2) is 15.5 Å². The van der Waals surface area contributed by atoms with Gasteiger partial charge in [-0.2, -0.15) is 0 Å². The van der Waals surface area contributed by atoms with E-state index in [0.29, 0.717) is 28.1 Å². The summed E-state index contributed by atoms with van der Waals surface area (Å²) in [5.41, 5.74) is 1.94. The molecular formula is C21H23N3O2. The third-order valence-corrected chi connectivity index (χ3v) is 4.67. The number of hydrogen-bond donors (Lipinski definition) is 1. The van der Waals surface area contributed by atoms with Gasteiger partial charge in [0.2, 0.25) is 5.91 Å². The van der Waals surface area contributed by atoms with Crippen LogP contribution in [0, 0.1) is 12.8 Å². The van der Waals surface area contributed by atoms with Gasteiger partial charge in [-0.05, 0) is 50.1 Å². The number of para-hydroxylation sites is 1. The molecule has 1 N–H and O–H groups in total. The number of carbonyl (C=O) groups excluding carboxylic acids is 1. The molecule has 0 aliphatic heterocycles. The Hall–Kier alpha value is -2.95. The van der Waals surface area contributed by atoms with Gasteiger partial charge in [0.05, 0.1) is 16.6 Å². The molecule has 3 aromatic rings. The minimum Gasteiger partial charge on any atom is -0.326 e. The van der Waals surface area contributed by atoms with Crippen molar-refractivity contribution in [1.29, 1.82) is 0 Å². The third-order valence-electron chi connectivity index (χ3n) is 4.67. The summed E-state index contributed by atoms with van der Waals surface area (Å²) in [6, 6.07) is 14.6.